The number of nitrogens with zero attached hydrogens (tertiary/aromatic N) is 4. The van der Waals surface area contributed by atoms with Gasteiger partial charge in [0.1, 0.15) is 0 Å². The van der Waals surface area contributed by atoms with Crippen molar-refractivity contribution in [2.24, 2.45) is 5.92 Å². The average molecular weight is 356 g/mol. The predicted molar refractivity (Wildman–Crippen MR) is 95.7 cm³/mol. The zero-order valence-corrected chi connectivity index (χ0v) is 14.4. The molecule has 8 heteroatoms. The number of rotatable bonds is 3. The van der Waals surface area contributed by atoms with Gasteiger partial charge in [0.2, 0.25) is 0 Å². The molecular formula is C18H20N4O4. The molecule has 0 unspecified atom stereocenters. The molecule has 2 aliphatic rings. The number of carboxylic acid groups (broad SMARTS) is 2. The van der Waals surface area contributed by atoms with Crippen LogP contribution in [0.25, 0.3) is 11.1 Å². The van der Waals surface area contributed by atoms with Crippen LogP contribution in [-0.2, 0) is 6.54 Å². The Morgan fingerprint density at radius 3 is 2.58 bits per heavy atom. The van der Waals surface area contributed by atoms with Crippen LogP contribution in [0.5, 0.6) is 0 Å². The number of anilines is 2. The van der Waals surface area contributed by atoms with Gasteiger partial charge in [-0.15, -0.1) is 0 Å². The summed E-state index contributed by atoms with van der Waals surface area (Å²) in [5, 5.41) is 23.4. The van der Waals surface area contributed by atoms with Crippen molar-refractivity contribution in [3.8, 4) is 11.1 Å². The SMILES string of the molecule is C[C@H]1CN(C(=O)O)c2cc(-c3cnn(CC4CC4)c3)ccc2N1C(=O)O. The number of benzene rings is 1. The largest absolute Gasteiger partial charge is 0.465 e. The zero-order chi connectivity index (χ0) is 18.4. The minimum atomic E-state index is -1.09. The summed E-state index contributed by atoms with van der Waals surface area (Å²) in [5.74, 6) is 0.708. The van der Waals surface area contributed by atoms with Crippen LogP contribution in [-0.4, -0.2) is 44.8 Å². The molecule has 0 bridgehead atoms. The summed E-state index contributed by atoms with van der Waals surface area (Å²) in [6.45, 7) is 2.69. The first kappa shape index (κ1) is 16.4. The van der Waals surface area contributed by atoms with Crippen LogP contribution < -0.4 is 9.80 Å². The Labute approximate surface area is 150 Å². The lowest BCUT2D eigenvalue weighted by molar-refractivity contribution is 0.194. The van der Waals surface area contributed by atoms with E-state index in [2.05, 4.69) is 5.10 Å². The predicted octanol–water partition coefficient (Wildman–Crippen LogP) is 3.33. The van der Waals surface area contributed by atoms with Crippen LogP contribution in [0.15, 0.2) is 30.6 Å². The van der Waals surface area contributed by atoms with E-state index in [1.807, 2.05) is 16.9 Å². The molecule has 0 radical (unpaired) electrons. The second kappa shape index (κ2) is 6.05. The van der Waals surface area contributed by atoms with Gasteiger partial charge in [0.25, 0.3) is 0 Å². The highest BCUT2D eigenvalue weighted by Crippen LogP contribution is 2.39. The average Bonchev–Trinajstić information content (AvgIpc) is 3.28. The molecule has 0 saturated heterocycles. The zero-order valence-electron chi connectivity index (χ0n) is 14.4. The minimum absolute atomic E-state index is 0.0963. The summed E-state index contributed by atoms with van der Waals surface area (Å²) in [6, 6.07) is 4.75. The molecule has 2 heterocycles. The highest BCUT2D eigenvalue weighted by Gasteiger charge is 2.35. The first-order chi connectivity index (χ1) is 12.4. The fraction of sp³-hybridized carbons (Fsp3) is 0.389. The van der Waals surface area contributed by atoms with Crippen molar-refractivity contribution in [1.82, 2.24) is 9.78 Å². The molecule has 8 nitrogen and oxygen atoms in total. The van der Waals surface area contributed by atoms with E-state index in [1.54, 1.807) is 25.3 Å². The number of fused-ring (bicyclic) bond motifs is 1. The van der Waals surface area contributed by atoms with E-state index in [-0.39, 0.29) is 6.54 Å². The first-order valence-corrected chi connectivity index (χ1v) is 8.63. The maximum absolute atomic E-state index is 11.7. The summed E-state index contributed by atoms with van der Waals surface area (Å²) in [5.41, 5.74) is 2.47. The Morgan fingerprint density at radius 2 is 1.92 bits per heavy atom. The normalized spacial score (nSPS) is 19.3. The first-order valence-electron chi connectivity index (χ1n) is 8.63. The lowest BCUT2D eigenvalue weighted by Gasteiger charge is -2.38. The van der Waals surface area contributed by atoms with Crippen molar-refractivity contribution in [2.45, 2.75) is 32.4 Å². The molecule has 136 valence electrons. The summed E-state index contributed by atoms with van der Waals surface area (Å²) in [4.78, 5) is 25.7. The monoisotopic (exact) mass is 356 g/mol. The maximum Gasteiger partial charge on any atom is 0.412 e. The van der Waals surface area contributed by atoms with E-state index in [4.69, 9.17) is 0 Å². The number of hydrogen-bond donors (Lipinski definition) is 2. The number of amides is 2. The molecule has 1 aromatic carbocycles. The Hall–Kier alpha value is -3.03. The van der Waals surface area contributed by atoms with Gasteiger partial charge in [0.05, 0.1) is 30.2 Å². The van der Waals surface area contributed by atoms with Crippen LogP contribution in [0.2, 0.25) is 0 Å². The highest BCUT2D eigenvalue weighted by atomic mass is 16.4. The number of aromatic nitrogens is 2. The van der Waals surface area contributed by atoms with Crippen LogP contribution in [0.1, 0.15) is 19.8 Å². The molecule has 1 atom stereocenters. The molecule has 0 spiro atoms. The van der Waals surface area contributed by atoms with E-state index in [0.29, 0.717) is 17.3 Å². The third-order valence-electron chi connectivity index (χ3n) is 4.96. The van der Waals surface area contributed by atoms with Crippen molar-refractivity contribution in [2.75, 3.05) is 16.3 Å². The van der Waals surface area contributed by atoms with Gasteiger partial charge in [-0.25, -0.2) is 9.59 Å². The molecule has 4 rings (SSSR count). The third kappa shape index (κ3) is 2.87. The highest BCUT2D eigenvalue weighted by molar-refractivity contribution is 6.00. The van der Waals surface area contributed by atoms with E-state index in [9.17, 15) is 19.8 Å². The van der Waals surface area contributed by atoms with Crippen molar-refractivity contribution >= 4 is 23.6 Å². The number of carbonyl (C=O) groups is 2. The molecule has 1 aliphatic carbocycles. The fourth-order valence-electron chi connectivity index (χ4n) is 3.45. The van der Waals surface area contributed by atoms with E-state index in [0.717, 1.165) is 17.7 Å². The molecule has 2 aromatic rings. The summed E-state index contributed by atoms with van der Waals surface area (Å²) in [6.07, 6.45) is 4.01. The van der Waals surface area contributed by atoms with E-state index < -0.39 is 18.2 Å². The van der Waals surface area contributed by atoms with Gasteiger partial charge < -0.3 is 10.2 Å². The summed E-state index contributed by atoms with van der Waals surface area (Å²) >= 11 is 0. The smallest absolute Gasteiger partial charge is 0.412 e. The molecule has 1 fully saturated rings. The third-order valence-corrected chi connectivity index (χ3v) is 4.96. The van der Waals surface area contributed by atoms with Gasteiger partial charge in [0, 0.05) is 18.3 Å². The Balaban J connectivity index is 1.73. The quantitative estimate of drug-likeness (QED) is 0.879. The lowest BCUT2D eigenvalue weighted by Crippen LogP contribution is -2.51. The van der Waals surface area contributed by atoms with Gasteiger partial charge in [-0.05, 0) is 43.4 Å². The maximum atomic E-state index is 11.7. The Kier molecular flexibility index (Phi) is 3.82. The van der Waals surface area contributed by atoms with Crippen molar-refractivity contribution in [3.05, 3.63) is 30.6 Å². The molecule has 1 aromatic heterocycles. The number of hydrogen-bond acceptors (Lipinski definition) is 3. The second-order valence-corrected chi connectivity index (χ2v) is 6.99. The van der Waals surface area contributed by atoms with E-state index >= 15 is 0 Å². The molecule has 1 aliphatic heterocycles. The van der Waals surface area contributed by atoms with Crippen molar-refractivity contribution < 1.29 is 19.8 Å². The van der Waals surface area contributed by atoms with Gasteiger partial charge in [-0.3, -0.25) is 14.5 Å². The molecule has 2 amide bonds. The van der Waals surface area contributed by atoms with Crippen molar-refractivity contribution in [1.29, 1.82) is 0 Å². The second-order valence-electron chi connectivity index (χ2n) is 6.99. The van der Waals surface area contributed by atoms with E-state index in [1.165, 1.54) is 22.6 Å². The van der Waals surface area contributed by atoms with Gasteiger partial charge in [-0.2, -0.15) is 5.10 Å². The lowest BCUT2D eigenvalue weighted by atomic mass is 10.0. The summed E-state index contributed by atoms with van der Waals surface area (Å²) < 4.78 is 1.91. The Bertz CT molecular complexity index is 874. The summed E-state index contributed by atoms with van der Waals surface area (Å²) in [7, 11) is 0. The van der Waals surface area contributed by atoms with Gasteiger partial charge in [0.15, 0.2) is 0 Å². The minimum Gasteiger partial charge on any atom is -0.465 e. The van der Waals surface area contributed by atoms with Gasteiger partial charge >= 0.3 is 12.2 Å². The van der Waals surface area contributed by atoms with Crippen LogP contribution in [0.4, 0.5) is 21.0 Å². The fourth-order valence-corrected chi connectivity index (χ4v) is 3.45. The molecule has 1 saturated carbocycles. The van der Waals surface area contributed by atoms with Gasteiger partial charge in [-0.1, -0.05) is 6.07 Å². The topological polar surface area (TPSA) is 98.9 Å². The standard InChI is InChI=1S/C18H20N4O4/c1-11-8-21(17(23)24)16-6-13(4-5-15(16)22(11)18(25)26)14-7-19-20(10-14)9-12-2-3-12/h4-7,10-12H,2-3,8-9H2,1H3,(H,23,24)(H,25,26)/t11-/m0/s1. The van der Waals surface area contributed by atoms with Crippen LogP contribution >= 0.6 is 0 Å². The molecule has 26 heavy (non-hydrogen) atoms. The van der Waals surface area contributed by atoms with Crippen molar-refractivity contribution in [3.63, 3.8) is 0 Å². The van der Waals surface area contributed by atoms with Crippen LogP contribution in [0, 0.1) is 5.92 Å². The Morgan fingerprint density at radius 1 is 1.15 bits per heavy atom. The van der Waals surface area contributed by atoms with Crippen LogP contribution in [0.3, 0.4) is 0 Å². The molecular weight excluding hydrogens is 336 g/mol. The molecule has 2 N–H and O–H groups in total.